The highest BCUT2D eigenvalue weighted by atomic mass is 79.9. The summed E-state index contributed by atoms with van der Waals surface area (Å²) in [5.74, 6) is 0. The Labute approximate surface area is 75.9 Å². The Hall–Kier alpha value is 0.840. The fraction of sp³-hybridized carbons (Fsp3) is 1.00. The van der Waals surface area contributed by atoms with Crippen LogP contribution in [0.4, 0.5) is 0 Å². The van der Waals surface area contributed by atoms with E-state index < -0.39 is 6.29 Å². The van der Waals surface area contributed by atoms with E-state index in [0.717, 1.165) is 0 Å². The Morgan fingerprint density at radius 2 is 1.78 bits per heavy atom. The molecule has 0 saturated carbocycles. The molecule has 0 radical (unpaired) electrons. The third-order valence-corrected chi connectivity index (χ3v) is 0.581. The largest absolute Gasteiger partial charge is 0.379 e. The third kappa shape index (κ3) is 12.1. The zero-order valence-corrected chi connectivity index (χ0v) is 8.79. The highest BCUT2D eigenvalue weighted by molar-refractivity contribution is 8.93. The van der Waals surface area contributed by atoms with E-state index in [1.165, 1.54) is 14.2 Å². The van der Waals surface area contributed by atoms with Crippen molar-refractivity contribution < 1.29 is 14.6 Å². The number of hydrogen-bond donors (Lipinski definition) is 1. The molecule has 0 aliphatic carbocycles. The number of rotatable bonds is 3. The Morgan fingerprint density at radius 1 is 1.33 bits per heavy atom. The third-order valence-electron chi connectivity index (χ3n) is 0.581. The molecule has 1 unspecified atom stereocenters. The summed E-state index contributed by atoms with van der Waals surface area (Å²) in [6.45, 7) is 0.233. The molecule has 0 aromatic carbocycles. The fourth-order valence-corrected chi connectivity index (χ4v) is 0.211. The molecular weight excluding hydrogens is 256 g/mol. The van der Waals surface area contributed by atoms with Crippen LogP contribution in [-0.4, -0.2) is 32.2 Å². The molecule has 0 saturated heterocycles. The lowest BCUT2D eigenvalue weighted by Gasteiger charge is -2.03. The molecule has 0 aromatic rings. The van der Waals surface area contributed by atoms with Gasteiger partial charge >= 0.3 is 0 Å². The van der Waals surface area contributed by atoms with Gasteiger partial charge in [-0.3, -0.25) is 0 Å². The second kappa shape index (κ2) is 11.6. The molecule has 0 amide bonds. The van der Waals surface area contributed by atoms with Crippen LogP contribution in [0.15, 0.2) is 0 Å². The van der Waals surface area contributed by atoms with Gasteiger partial charge in [0.15, 0.2) is 6.29 Å². The van der Waals surface area contributed by atoms with Gasteiger partial charge in [-0.25, -0.2) is 0 Å². The van der Waals surface area contributed by atoms with Gasteiger partial charge in [-0.05, 0) is 0 Å². The maximum Gasteiger partial charge on any atom is 0.177 e. The molecule has 0 fully saturated rings. The van der Waals surface area contributed by atoms with Gasteiger partial charge in [-0.2, -0.15) is 0 Å². The molecule has 0 spiro atoms. The molecule has 0 bridgehead atoms. The second-order valence-electron chi connectivity index (χ2n) is 1.15. The fourth-order valence-electron chi connectivity index (χ4n) is 0.211. The van der Waals surface area contributed by atoms with Gasteiger partial charge in [0.25, 0.3) is 0 Å². The summed E-state index contributed by atoms with van der Waals surface area (Å²) in [4.78, 5) is 0. The SMILES string of the molecule is Br.Br.COCC(O)OC. The van der Waals surface area contributed by atoms with Gasteiger partial charge in [0.1, 0.15) is 0 Å². The molecule has 9 heavy (non-hydrogen) atoms. The first-order valence-electron chi connectivity index (χ1n) is 2.01. The van der Waals surface area contributed by atoms with Crippen LogP contribution >= 0.6 is 34.0 Å². The number of aliphatic hydroxyl groups is 1. The quantitative estimate of drug-likeness (QED) is 0.768. The zero-order valence-electron chi connectivity index (χ0n) is 5.36. The minimum atomic E-state index is -0.773. The number of methoxy groups -OCH3 is 2. The first kappa shape index (κ1) is 16.4. The molecule has 5 heteroatoms. The molecule has 0 aromatic heterocycles. The van der Waals surface area contributed by atoms with Gasteiger partial charge in [0.2, 0.25) is 0 Å². The number of aliphatic hydroxyl groups excluding tert-OH is 1. The predicted octanol–water partition coefficient (Wildman–Crippen LogP) is 0.753. The second-order valence-corrected chi connectivity index (χ2v) is 1.15. The minimum Gasteiger partial charge on any atom is -0.379 e. The van der Waals surface area contributed by atoms with Crippen molar-refractivity contribution in [1.29, 1.82) is 0 Å². The average molecular weight is 268 g/mol. The van der Waals surface area contributed by atoms with Crippen LogP contribution in [0, 0.1) is 0 Å². The van der Waals surface area contributed by atoms with E-state index in [4.69, 9.17) is 5.11 Å². The van der Waals surface area contributed by atoms with Crippen LogP contribution in [0.1, 0.15) is 0 Å². The minimum absolute atomic E-state index is 0. The molecule has 1 atom stereocenters. The maximum absolute atomic E-state index is 8.51. The Kier molecular flexibility index (Phi) is 21.2. The van der Waals surface area contributed by atoms with Crippen LogP contribution < -0.4 is 0 Å². The van der Waals surface area contributed by atoms with Crippen molar-refractivity contribution in [2.45, 2.75) is 6.29 Å². The van der Waals surface area contributed by atoms with Gasteiger partial charge in [0.05, 0.1) is 6.61 Å². The van der Waals surface area contributed by atoms with Crippen LogP contribution in [0.5, 0.6) is 0 Å². The molecule has 0 aliphatic rings. The van der Waals surface area contributed by atoms with Gasteiger partial charge in [-0.1, -0.05) is 0 Å². The van der Waals surface area contributed by atoms with E-state index >= 15 is 0 Å². The molecule has 0 rings (SSSR count). The lowest BCUT2D eigenvalue weighted by atomic mass is 10.7. The van der Waals surface area contributed by atoms with E-state index in [1.807, 2.05) is 0 Å². The summed E-state index contributed by atoms with van der Waals surface area (Å²) >= 11 is 0. The van der Waals surface area contributed by atoms with Gasteiger partial charge in [0, 0.05) is 14.2 Å². The molecule has 60 valence electrons. The van der Waals surface area contributed by atoms with Gasteiger partial charge in [-0.15, -0.1) is 34.0 Å². The van der Waals surface area contributed by atoms with Gasteiger partial charge < -0.3 is 14.6 Å². The molecule has 1 N–H and O–H groups in total. The summed E-state index contributed by atoms with van der Waals surface area (Å²) in [6.07, 6.45) is -0.773. The molecule has 3 nitrogen and oxygen atoms in total. The highest BCUT2D eigenvalue weighted by Gasteiger charge is 1.95. The lowest BCUT2D eigenvalue weighted by molar-refractivity contribution is -0.111. The zero-order chi connectivity index (χ0) is 5.70. The topological polar surface area (TPSA) is 38.7 Å². The van der Waals surface area contributed by atoms with Crippen LogP contribution in [-0.2, 0) is 9.47 Å². The van der Waals surface area contributed by atoms with E-state index in [9.17, 15) is 0 Å². The smallest absolute Gasteiger partial charge is 0.177 e. The van der Waals surface area contributed by atoms with E-state index in [-0.39, 0.29) is 40.6 Å². The van der Waals surface area contributed by atoms with Crippen LogP contribution in [0.3, 0.4) is 0 Å². The first-order valence-corrected chi connectivity index (χ1v) is 2.01. The summed E-state index contributed by atoms with van der Waals surface area (Å²) in [6, 6.07) is 0. The Bertz CT molecular complexity index is 44.8. The average Bonchev–Trinajstić information content (AvgIpc) is 1.68. The maximum atomic E-state index is 8.51. The summed E-state index contributed by atoms with van der Waals surface area (Å²) in [5.41, 5.74) is 0. The van der Waals surface area contributed by atoms with Crippen molar-refractivity contribution >= 4 is 34.0 Å². The number of ether oxygens (including phenoxy) is 2. The van der Waals surface area contributed by atoms with E-state index in [1.54, 1.807) is 0 Å². The molecule has 0 heterocycles. The van der Waals surface area contributed by atoms with Crippen LogP contribution in [0.2, 0.25) is 0 Å². The highest BCUT2D eigenvalue weighted by Crippen LogP contribution is 1.80. The first-order chi connectivity index (χ1) is 3.31. The monoisotopic (exact) mass is 266 g/mol. The standard InChI is InChI=1S/C4H10O3.2BrH/c1-6-3-4(5)7-2;;/h4-5H,3H2,1-2H3;2*1H. The summed E-state index contributed by atoms with van der Waals surface area (Å²) in [5, 5.41) is 8.51. The predicted molar refractivity (Wildman–Crippen MR) is 45.5 cm³/mol. The number of hydrogen-bond acceptors (Lipinski definition) is 3. The summed E-state index contributed by atoms with van der Waals surface area (Å²) in [7, 11) is 2.92. The van der Waals surface area contributed by atoms with Crippen molar-refractivity contribution in [3.63, 3.8) is 0 Å². The molecule has 0 aliphatic heterocycles. The summed E-state index contributed by atoms with van der Waals surface area (Å²) < 4.78 is 8.94. The van der Waals surface area contributed by atoms with E-state index in [0.29, 0.717) is 0 Å². The van der Waals surface area contributed by atoms with Crippen molar-refractivity contribution in [3.8, 4) is 0 Å². The van der Waals surface area contributed by atoms with Crippen molar-refractivity contribution in [2.75, 3.05) is 20.8 Å². The Morgan fingerprint density at radius 3 is 1.89 bits per heavy atom. The Balaban J connectivity index is -0.000000180. The van der Waals surface area contributed by atoms with Crippen molar-refractivity contribution in [3.05, 3.63) is 0 Å². The van der Waals surface area contributed by atoms with E-state index in [2.05, 4.69) is 9.47 Å². The van der Waals surface area contributed by atoms with Crippen LogP contribution in [0.25, 0.3) is 0 Å². The molecular formula is C4H12Br2O3. The normalized spacial score (nSPS) is 11.0. The van der Waals surface area contributed by atoms with Crippen molar-refractivity contribution in [1.82, 2.24) is 0 Å². The van der Waals surface area contributed by atoms with Crippen molar-refractivity contribution in [2.24, 2.45) is 0 Å². The lowest BCUT2D eigenvalue weighted by Crippen LogP contribution is -2.15. The number of halogens is 2.